The van der Waals surface area contributed by atoms with Crippen molar-refractivity contribution in [3.05, 3.63) is 23.8 Å². The zero-order valence-electron chi connectivity index (χ0n) is 13.3. The van der Waals surface area contributed by atoms with E-state index < -0.39 is 0 Å². The summed E-state index contributed by atoms with van der Waals surface area (Å²) in [5.41, 5.74) is 0.884. The van der Waals surface area contributed by atoms with E-state index in [0.29, 0.717) is 12.5 Å². The number of hydrogen-bond acceptors (Lipinski definition) is 3. The molecule has 2 amide bonds. The predicted molar refractivity (Wildman–Crippen MR) is 86.6 cm³/mol. The summed E-state index contributed by atoms with van der Waals surface area (Å²) in [6, 6.07) is 4.87. The number of aromatic hydroxyl groups is 1. The van der Waals surface area contributed by atoms with E-state index in [1.807, 2.05) is 0 Å². The smallest absolute Gasteiger partial charge is 0.315 e. The number of carbonyl (C=O) groups is 1. The second-order valence-electron chi connectivity index (χ2n) is 7.15. The van der Waals surface area contributed by atoms with Crippen LogP contribution in [0, 0.1) is 5.92 Å². The van der Waals surface area contributed by atoms with Gasteiger partial charge >= 0.3 is 6.03 Å². The number of phenols is 1. The van der Waals surface area contributed by atoms with Crippen molar-refractivity contribution in [3.8, 4) is 11.5 Å². The number of ether oxygens (including phenoxy) is 1. The zero-order chi connectivity index (χ0) is 15.9. The SMILES string of the molecule is O=C(N[C@@H]1CCOc2ccc(O)cc21)NC1(C2CC2)CCCC1. The third-order valence-corrected chi connectivity index (χ3v) is 5.56. The first kappa shape index (κ1) is 14.7. The van der Waals surface area contributed by atoms with Gasteiger partial charge in [-0.15, -0.1) is 0 Å². The molecule has 1 aliphatic heterocycles. The molecule has 23 heavy (non-hydrogen) atoms. The van der Waals surface area contributed by atoms with E-state index in [1.165, 1.54) is 25.7 Å². The highest BCUT2D eigenvalue weighted by molar-refractivity contribution is 5.76. The molecular weight excluding hydrogens is 292 g/mol. The van der Waals surface area contributed by atoms with Crippen LogP contribution in [0.5, 0.6) is 11.5 Å². The second kappa shape index (κ2) is 5.62. The lowest BCUT2D eigenvalue weighted by Gasteiger charge is -2.33. The molecule has 0 spiro atoms. The number of carbonyl (C=O) groups excluding carboxylic acids is 1. The highest BCUT2D eigenvalue weighted by Crippen LogP contribution is 2.48. The maximum atomic E-state index is 12.6. The molecule has 3 aliphatic rings. The average Bonchev–Trinajstić information content (AvgIpc) is 3.29. The van der Waals surface area contributed by atoms with E-state index in [1.54, 1.807) is 18.2 Å². The molecule has 2 fully saturated rings. The number of phenolic OH excluding ortho intramolecular Hbond substituents is 1. The fourth-order valence-corrected chi connectivity index (χ4v) is 4.23. The fourth-order valence-electron chi connectivity index (χ4n) is 4.23. The summed E-state index contributed by atoms with van der Waals surface area (Å²) in [6.07, 6.45) is 7.85. The monoisotopic (exact) mass is 316 g/mol. The van der Waals surface area contributed by atoms with Crippen LogP contribution in [0.25, 0.3) is 0 Å². The third kappa shape index (κ3) is 2.84. The Kier molecular flexibility index (Phi) is 3.58. The summed E-state index contributed by atoms with van der Waals surface area (Å²) < 4.78 is 5.61. The molecule has 1 aromatic rings. The van der Waals surface area contributed by atoms with Crippen molar-refractivity contribution in [2.45, 2.75) is 56.5 Å². The van der Waals surface area contributed by atoms with Gasteiger partial charge in [0.25, 0.3) is 0 Å². The molecule has 3 N–H and O–H groups in total. The van der Waals surface area contributed by atoms with Crippen LogP contribution >= 0.6 is 0 Å². The topological polar surface area (TPSA) is 70.6 Å². The number of rotatable bonds is 3. The molecule has 0 bridgehead atoms. The Balaban J connectivity index is 1.46. The Morgan fingerprint density at radius 1 is 1.22 bits per heavy atom. The lowest BCUT2D eigenvalue weighted by Crippen LogP contribution is -2.52. The van der Waals surface area contributed by atoms with Crippen LogP contribution in [-0.4, -0.2) is 23.3 Å². The van der Waals surface area contributed by atoms with Gasteiger partial charge in [-0.3, -0.25) is 0 Å². The molecule has 124 valence electrons. The molecule has 5 nitrogen and oxygen atoms in total. The Hall–Kier alpha value is -1.91. The van der Waals surface area contributed by atoms with Gasteiger partial charge in [-0.25, -0.2) is 4.79 Å². The molecule has 0 saturated heterocycles. The Bertz CT molecular complexity index is 606. The summed E-state index contributed by atoms with van der Waals surface area (Å²) in [6.45, 7) is 0.580. The number of fused-ring (bicyclic) bond motifs is 1. The van der Waals surface area contributed by atoms with Gasteiger partial charge in [0.05, 0.1) is 12.6 Å². The standard InChI is InChI=1S/C18H24N2O3/c21-13-5-6-16-14(11-13)15(7-10-23-16)19-17(22)20-18(12-3-4-12)8-1-2-9-18/h5-6,11-12,15,21H,1-4,7-10H2,(H2,19,20,22)/t15-/m1/s1. The largest absolute Gasteiger partial charge is 0.508 e. The molecule has 0 radical (unpaired) electrons. The van der Waals surface area contributed by atoms with Crippen LogP contribution in [0.4, 0.5) is 4.79 Å². The van der Waals surface area contributed by atoms with Crippen LogP contribution in [-0.2, 0) is 0 Å². The van der Waals surface area contributed by atoms with E-state index >= 15 is 0 Å². The molecule has 2 saturated carbocycles. The normalized spacial score (nSPS) is 25.3. The fraction of sp³-hybridized carbons (Fsp3) is 0.611. The molecule has 4 rings (SSSR count). The number of amides is 2. The van der Waals surface area contributed by atoms with E-state index in [4.69, 9.17) is 4.74 Å². The van der Waals surface area contributed by atoms with Gasteiger partial charge in [-0.1, -0.05) is 12.8 Å². The van der Waals surface area contributed by atoms with Crippen molar-refractivity contribution in [2.24, 2.45) is 5.92 Å². The van der Waals surface area contributed by atoms with E-state index in [9.17, 15) is 9.90 Å². The van der Waals surface area contributed by atoms with Crippen molar-refractivity contribution in [3.63, 3.8) is 0 Å². The summed E-state index contributed by atoms with van der Waals surface area (Å²) in [4.78, 5) is 12.6. The molecule has 1 atom stereocenters. The summed E-state index contributed by atoms with van der Waals surface area (Å²) in [5, 5.41) is 16.1. The van der Waals surface area contributed by atoms with E-state index in [-0.39, 0.29) is 23.4 Å². The zero-order valence-corrected chi connectivity index (χ0v) is 13.3. The first-order chi connectivity index (χ1) is 11.2. The number of benzene rings is 1. The maximum Gasteiger partial charge on any atom is 0.315 e. The average molecular weight is 316 g/mol. The minimum absolute atomic E-state index is 0.0247. The minimum atomic E-state index is -0.108. The van der Waals surface area contributed by atoms with Gasteiger partial charge in [0.1, 0.15) is 11.5 Å². The summed E-state index contributed by atoms with van der Waals surface area (Å²) in [7, 11) is 0. The quantitative estimate of drug-likeness (QED) is 0.802. The van der Waals surface area contributed by atoms with Crippen LogP contribution < -0.4 is 15.4 Å². The van der Waals surface area contributed by atoms with Gasteiger partial charge in [-0.05, 0) is 49.8 Å². The number of nitrogens with one attached hydrogen (secondary N) is 2. The van der Waals surface area contributed by atoms with Crippen molar-refractivity contribution in [1.29, 1.82) is 0 Å². The van der Waals surface area contributed by atoms with Crippen LogP contribution in [0.15, 0.2) is 18.2 Å². The first-order valence-corrected chi connectivity index (χ1v) is 8.71. The predicted octanol–water partition coefficient (Wildman–Crippen LogP) is 3.24. The molecule has 0 unspecified atom stereocenters. The number of hydrogen-bond donors (Lipinski definition) is 3. The van der Waals surface area contributed by atoms with Crippen molar-refractivity contribution < 1.29 is 14.6 Å². The van der Waals surface area contributed by atoms with Gasteiger partial charge < -0.3 is 20.5 Å². The Morgan fingerprint density at radius 2 is 2.00 bits per heavy atom. The lowest BCUT2D eigenvalue weighted by molar-refractivity contribution is 0.204. The Morgan fingerprint density at radius 3 is 2.74 bits per heavy atom. The van der Waals surface area contributed by atoms with Gasteiger partial charge in [0.2, 0.25) is 0 Å². The van der Waals surface area contributed by atoms with E-state index in [2.05, 4.69) is 10.6 Å². The van der Waals surface area contributed by atoms with Crippen LogP contribution in [0.1, 0.15) is 56.6 Å². The molecule has 5 heteroatoms. The van der Waals surface area contributed by atoms with Crippen molar-refractivity contribution >= 4 is 6.03 Å². The van der Waals surface area contributed by atoms with E-state index in [0.717, 1.165) is 30.6 Å². The summed E-state index contributed by atoms with van der Waals surface area (Å²) >= 11 is 0. The molecule has 2 aliphatic carbocycles. The molecule has 0 aromatic heterocycles. The second-order valence-corrected chi connectivity index (χ2v) is 7.15. The van der Waals surface area contributed by atoms with Gasteiger partial charge in [-0.2, -0.15) is 0 Å². The summed E-state index contributed by atoms with van der Waals surface area (Å²) in [5.74, 6) is 1.62. The van der Waals surface area contributed by atoms with Gasteiger partial charge in [0.15, 0.2) is 0 Å². The first-order valence-electron chi connectivity index (χ1n) is 8.71. The maximum absolute atomic E-state index is 12.6. The van der Waals surface area contributed by atoms with Crippen molar-refractivity contribution in [1.82, 2.24) is 10.6 Å². The third-order valence-electron chi connectivity index (χ3n) is 5.56. The lowest BCUT2D eigenvalue weighted by atomic mass is 9.91. The van der Waals surface area contributed by atoms with Crippen LogP contribution in [0.3, 0.4) is 0 Å². The Labute approximate surface area is 136 Å². The van der Waals surface area contributed by atoms with Gasteiger partial charge in [0, 0.05) is 17.5 Å². The highest BCUT2D eigenvalue weighted by atomic mass is 16.5. The number of urea groups is 1. The highest BCUT2D eigenvalue weighted by Gasteiger charge is 2.47. The molecule has 1 aromatic carbocycles. The van der Waals surface area contributed by atoms with Crippen molar-refractivity contribution in [2.75, 3.05) is 6.61 Å². The van der Waals surface area contributed by atoms with Crippen LogP contribution in [0.2, 0.25) is 0 Å². The minimum Gasteiger partial charge on any atom is -0.508 e. The molecular formula is C18H24N2O3. The molecule has 1 heterocycles.